The number of aromatic nitrogens is 1. The number of fused-ring (bicyclic) bond motifs is 1. The Morgan fingerprint density at radius 1 is 1.02 bits per heavy atom. The second-order valence-electron chi connectivity index (χ2n) is 12.6. The largest absolute Gasteiger partial charge is 0.489 e. The number of amides is 3. The molecule has 2 saturated heterocycles. The fraction of sp³-hybridized carbons (Fsp3) is 0.455. The van der Waals surface area contributed by atoms with Crippen LogP contribution in [0.1, 0.15) is 55.2 Å². The van der Waals surface area contributed by atoms with Crippen LogP contribution in [0.15, 0.2) is 54.6 Å². The van der Waals surface area contributed by atoms with Gasteiger partial charge in [0.15, 0.2) is 0 Å². The van der Waals surface area contributed by atoms with Crippen LogP contribution >= 0.6 is 0 Å². The SMILES string of the molecule is Cc1cc(COc2ccc(C(=O)N[C@@H]3CN(C4CCN(C(=O)OC(C)(C)C)C4)CC[C@@H]3C(=O)NO)cc2)c2ccccc2n1. The van der Waals surface area contributed by atoms with Crippen LogP contribution in [0.2, 0.25) is 0 Å². The zero-order chi connectivity index (χ0) is 31.4. The molecule has 0 aliphatic carbocycles. The van der Waals surface area contributed by atoms with Crippen LogP contribution in [0.3, 0.4) is 0 Å². The van der Waals surface area contributed by atoms with Crippen molar-refractivity contribution < 1.29 is 29.1 Å². The van der Waals surface area contributed by atoms with Crippen LogP contribution in [-0.2, 0) is 16.1 Å². The summed E-state index contributed by atoms with van der Waals surface area (Å²) in [5, 5.41) is 13.4. The van der Waals surface area contributed by atoms with Gasteiger partial charge in [-0.3, -0.25) is 24.7 Å². The molecule has 0 saturated carbocycles. The molecule has 3 aromatic rings. The molecule has 11 heteroatoms. The summed E-state index contributed by atoms with van der Waals surface area (Å²) in [4.78, 5) is 46.9. The van der Waals surface area contributed by atoms with Gasteiger partial charge in [-0.2, -0.15) is 0 Å². The number of rotatable bonds is 7. The normalized spacial score (nSPS) is 20.8. The van der Waals surface area contributed by atoms with Gasteiger partial charge in [-0.15, -0.1) is 0 Å². The lowest BCUT2D eigenvalue weighted by molar-refractivity contribution is -0.136. The highest BCUT2D eigenvalue weighted by atomic mass is 16.6. The lowest BCUT2D eigenvalue weighted by atomic mass is 9.89. The van der Waals surface area contributed by atoms with E-state index in [0.717, 1.165) is 28.6 Å². The number of hydrogen-bond acceptors (Lipinski definition) is 8. The maximum atomic E-state index is 13.3. The Kier molecular flexibility index (Phi) is 9.36. The lowest BCUT2D eigenvalue weighted by Gasteiger charge is -2.40. The molecule has 3 heterocycles. The van der Waals surface area contributed by atoms with Crippen LogP contribution in [0.4, 0.5) is 4.79 Å². The zero-order valence-corrected chi connectivity index (χ0v) is 25.7. The molecule has 0 bridgehead atoms. The van der Waals surface area contributed by atoms with Crippen molar-refractivity contribution in [2.45, 2.75) is 64.8 Å². The first-order valence-electron chi connectivity index (χ1n) is 15.1. The Morgan fingerprint density at radius 3 is 2.50 bits per heavy atom. The quantitative estimate of drug-likeness (QED) is 0.272. The number of hydroxylamine groups is 1. The van der Waals surface area contributed by atoms with Gasteiger partial charge in [0.25, 0.3) is 5.91 Å². The standard InChI is InChI=1S/C33H41N5O6/c1-21-17-23(26-7-5-6-8-28(26)34-21)20-43-25-11-9-22(10-12-25)30(39)35-29-19-37(16-14-27(29)31(40)36-42)24-13-15-38(18-24)32(41)44-33(2,3)4/h5-12,17,24,27,29,42H,13-16,18-20H2,1-4H3,(H,35,39)(H,36,40)/t24?,27-,29+/m0/s1. The molecule has 2 aromatic carbocycles. The molecule has 3 amide bonds. The summed E-state index contributed by atoms with van der Waals surface area (Å²) < 4.78 is 11.6. The van der Waals surface area contributed by atoms with Gasteiger partial charge >= 0.3 is 6.09 Å². The van der Waals surface area contributed by atoms with Crippen LogP contribution in [0.5, 0.6) is 5.75 Å². The Labute approximate surface area is 257 Å². The van der Waals surface area contributed by atoms with E-state index in [1.807, 2.05) is 58.0 Å². The Hall–Kier alpha value is -4.22. The molecule has 2 aliphatic heterocycles. The van der Waals surface area contributed by atoms with Crippen molar-refractivity contribution in [3.63, 3.8) is 0 Å². The number of nitrogens with one attached hydrogen (secondary N) is 2. The zero-order valence-electron chi connectivity index (χ0n) is 25.7. The third-order valence-electron chi connectivity index (χ3n) is 8.18. The van der Waals surface area contributed by atoms with E-state index in [1.54, 1.807) is 34.6 Å². The first-order chi connectivity index (χ1) is 21.0. The molecule has 0 radical (unpaired) electrons. The Balaban J connectivity index is 1.21. The summed E-state index contributed by atoms with van der Waals surface area (Å²) in [7, 11) is 0. The molecule has 1 unspecified atom stereocenters. The molecule has 44 heavy (non-hydrogen) atoms. The van der Waals surface area contributed by atoms with Gasteiger partial charge in [-0.25, -0.2) is 10.3 Å². The predicted molar refractivity (Wildman–Crippen MR) is 164 cm³/mol. The minimum absolute atomic E-state index is 0.0813. The van der Waals surface area contributed by atoms with Gasteiger partial charge in [0.05, 0.1) is 17.5 Å². The van der Waals surface area contributed by atoms with Crippen molar-refractivity contribution >= 4 is 28.8 Å². The molecule has 1 aromatic heterocycles. The smallest absolute Gasteiger partial charge is 0.410 e. The first kappa shape index (κ1) is 31.2. The average Bonchev–Trinajstić information content (AvgIpc) is 3.50. The Morgan fingerprint density at radius 2 is 1.77 bits per heavy atom. The van der Waals surface area contributed by atoms with Crippen molar-refractivity contribution in [1.29, 1.82) is 0 Å². The minimum Gasteiger partial charge on any atom is -0.489 e. The van der Waals surface area contributed by atoms with E-state index in [1.165, 1.54) is 0 Å². The third kappa shape index (κ3) is 7.46. The summed E-state index contributed by atoms with van der Waals surface area (Å²) >= 11 is 0. The number of hydrogen-bond donors (Lipinski definition) is 3. The average molecular weight is 604 g/mol. The van der Waals surface area contributed by atoms with E-state index in [9.17, 15) is 19.6 Å². The molecular formula is C33H41N5O6. The molecule has 2 fully saturated rings. The van der Waals surface area contributed by atoms with E-state index >= 15 is 0 Å². The van der Waals surface area contributed by atoms with E-state index in [-0.39, 0.29) is 18.0 Å². The molecule has 0 spiro atoms. The third-order valence-corrected chi connectivity index (χ3v) is 8.18. The van der Waals surface area contributed by atoms with Crippen molar-refractivity contribution in [2.75, 3.05) is 26.2 Å². The van der Waals surface area contributed by atoms with E-state index < -0.39 is 23.5 Å². The molecule has 2 aliphatic rings. The summed E-state index contributed by atoms with van der Waals surface area (Å²) in [5.41, 5.74) is 4.48. The maximum Gasteiger partial charge on any atom is 0.410 e. The Bertz CT molecular complexity index is 1500. The molecule has 5 rings (SSSR count). The van der Waals surface area contributed by atoms with Gasteiger partial charge in [-0.1, -0.05) is 18.2 Å². The van der Waals surface area contributed by atoms with Crippen molar-refractivity contribution in [1.82, 2.24) is 25.6 Å². The van der Waals surface area contributed by atoms with Gasteiger partial charge in [0.1, 0.15) is 18.0 Å². The molecule has 3 N–H and O–H groups in total. The maximum absolute atomic E-state index is 13.3. The molecule has 11 nitrogen and oxygen atoms in total. The second kappa shape index (κ2) is 13.2. The van der Waals surface area contributed by atoms with E-state index in [2.05, 4.69) is 15.2 Å². The van der Waals surface area contributed by atoms with Crippen LogP contribution in [0.25, 0.3) is 10.9 Å². The first-order valence-corrected chi connectivity index (χ1v) is 15.1. The fourth-order valence-corrected chi connectivity index (χ4v) is 6.01. The summed E-state index contributed by atoms with van der Waals surface area (Å²) in [6.45, 7) is 9.96. The summed E-state index contributed by atoms with van der Waals surface area (Å²) in [6.07, 6.45) is 0.889. The van der Waals surface area contributed by atoms with E-state index in [0.29, 0.717) is 50.5 Å². The summed E-state index contributed by atoms with van der Waals surface area (Å²) in [5.74, 6) is -0.821. The van der Waals surface area contributed by atoms with Gasteiger partial charge < -0.3 is 19.7 Å². The van der Waals surface area contributed by atoms with Crippen molar-refractivity contribution in [3.05, 3.63) is 71.4 Å². The van der Waals surface area contributed by atoms with Gasteiger partial charge in [-0.05, 0) is 83.5 Å². The van der Waals surface area contributed by atoms with Gasteiger partial charge in [0, 0.05) is 47.9 Å². The van der Waals surface area contributed by atoms with Crippen LogP contribution in [0, 0.1) is 12.8 Å². The molecular weight excluding hydrogens is 562 g/mol. The van der Waals surface area contributed by atoms with Crippen LogP contribution in [-0.4, -0.2) is 81.8 Å². The fourth-order valence-electron chi connectivity index (χ4n) is 6.01. The molecule has 234 valence electrons. The van der Waals surface area contributed by atoms with Crippen molar-refractivity contribution in [2.24, 2.45) is 5.92 Å². The number of aryl methyl sites for hydroxylation is 1. The highest BCUT2D eigenvalue weighted by Crippen LogP contribution is 2.26. The van der Waals surface area contributed by atoms with Gasteiger partial charge in [0.2, 0.25) is 5.91 Å². The van der Waals surface area contributed by atoms with Crippen LogP contribution < -0.4 is 15.5 Å². The number of piperidine rings is 1. The highest BCUT2D eigenvalue weighted by Gasteiger charge is 2.40. The number of carbonyl (C=O) groups is 3. The second-order valence-corrected chi connectivity index (χ2v) is 12.6. The molecule has 3 atom stereocenters. The topological polar surface area (TPSA) is 133 Å². The van der Waals surface area contributed by atoms with E-state index in [4.69, 9.17) is 9.47 Å². The van der Waals surface area contributed by atoms with Crippen molar-refractivity contribution in [3.8, 4) is 5.75 Å². The number of likely N-dealkylation sites (tertiary alicyclic amines) is 2. The monoisotopic (exact) mass is 603 g/mol. The number of carbonyl (C=O) groups excluding carboxylic acids is 3. The predicted octanol–water partition coefficient (Wildman–Crippen LogP) is 4.06. The summed E-state index contributed by atoms with van der Waals surface area (Å²) in [6, 6.07) is 16.4. The minimum atomic E-state index is -0.593. The number of para-hydroxylation sites is 1. The number of nitrogens with zero attached hydrogens (tertiary/aromatic N) is 3. The number of ether oxygens (including phenoxy) is 2. The highest BCUT2D eigenvalue weighted by molar-refractivity contribution is 5.95. The number of benzene rings is 2. The number of pyridine rings is 1. The lowest BCUT2D eigenvalue weighted by Crippen LogP contribution is -2.58.